The molecular formula is C56H60Cl2SiZr. The summed E-state index contributed by atoms with van der Waals surface area (Å²) in [7, 11) is 11.0. The second kappa shape index (κ2) is 22.2. The van der Waals surface area contributed by atoms with E-state index >= 15 is 0 Å². The molecule has 10 rings (SSSR count). The molecule has 0 aliphatic heterocycles. The minimum absolute atomic E-state index is 0.826. The first-order valence-corrected chi connectivity index (χ1v) is 30.6. The Kier molecular flexibility index (Phi) is 16.6. The molecule has 0 N–H and O–H groups in total. The van der Waals surface area contributed by atoms with Gasteiger partial charge in [-0.15, -0.1) is 68.1 Å². The van der Waals surface area contributed by atoms with Crippen LogP contribution in [-0.4, -0.2) is 9.52 Å². The van der Waals surface area contributed by atoms with Gasteiger partial charge in [-0.25, -0.2) is 0 Å². The topological polar surface area (TPSA) is 0 Å². The average Bonchev–Trinajstić information content (AvgIpc) is 3.91. The molecule has 2 radical (unpaired) electrons. The SMILES string of the molecule is C[Si]C.Cc1ccc(-c2cccc3ccccc23)c2cc(CC3CCCCC3)[cH-]c12.Cc1ccc(-c2cccc3ccccc23)c2cc(CC3CCCCC3)[cH-]c12.[Cl][Zr+2][Cl]. The Bertz CT molecular complexity index is 2410. The molecule has 60 heavy (non-hydrogen) atoms. The van der Waals surface area contributed by atoms with Crippen molar-refractivity contribution < 1.29 is 20.8 Å². The van der Waals surface area contributed by atoms with E-state index in [-0.39, 0.29) is 0 Å². The van der Waals surface area contributed by atoms with E-state index in [1.807, 2.05) is 0 Å². The quantitative estimate of drug-likeness (QED) is 0.115. The molecule has 0 saturated heterocycles. The van der Waals surface area contributed by atoms with Crippen LogP contribution < -0.4 is 0 Å². The molecule has 4 heteroatoms. The molecule has 0 spiro atoms. The van der Waals surface area contributed by atoms with Crippen LogP contribution in [0.3, 0.4) is 0 Å². The van der Waals surface area contributed by atoms with E-state index in [2.05, 4.69) is 160 Å². The van der Waals surface area contributed by atoms with Crippen molar-refractivity contribution in [2.24, 2.45) is 11.8 Å². The number of rotatable bonds is 6. The van der Waals surface area contributed by atoms with Crippen LogP contribution in [0.5, 0.6) is 0 Å². The molecule has 2 aliphatic carbocycles. The minimum atomic E-state index is -0.826. The van der Waals surface area contributed by atoms with Crippen molar-refractivity contribution in [3.05, 3.63) is 156 Å². The third-order valence-corrected chi connectivity index (χ3v) is 13.0. The molecule has 0 atom stereocenters. The van der Waals surface area contributed by atoms with Gasteiger partial charge >= 0.3 is 37.9 Å². The van der Waals surface area contributed by atoms with E-state index in [1.165, 1.54) is 165 Å². The maximum absolute atomic E-state index is 4.93. The summed E-state index contributed by atoms with van der Waals surface area (Å²) in [5.74, 6) is 1.77. The van der Waals surface area contributed by atoms with E-state index in [0.29, 0.717) is 0 Å². The summed E-state index contributed by atoms with van der Waals surface area (Å²) in [5.41, 5.74) is 11.3. The Balaban J connectivity index is 0.000000161. The van der Waals surface area contributed by atoms with Crippen LogP contribution in [0.1, 0.15) is 86.5 Å². The summed E-state index contributed by atoms with van der Waals surface area (Å²) >= 11 is -0.826. The van der Waals surface area contributed by atoms with Gasteiger partial charge < -0.3 is 0 Å². The number of hydrogen-bond donors (Lipinski definition) is 0. The maximum atomic E-state index is 4.93. The molecule has 8 aromatic carbocycles. The molecule has 306 valence electrons. The van der Waals surface area contributed by atoms with Crippen molar-refractivity contribution in [2.45, 2.75) is 104 Å². The standard InChI is InChI=1S/2C27H27.C2H6Si.2ClH.Zr/c2*1-19-14-15-25(24-13-7-11-22-10-5-6-12-23(22)24)27-18-21(17-26(19)27)16-20-8-3-2-4-9-20;1-3-2;;;/h2*5-7,10-15,17-18,20H,2-4,8-9,16H2,1H3;1-2H3;2*1H;/q2*-1;;;;+4/p-2. The zero-order valence-corrected chi connectivity index (χ0v) is 41.1. The predicted octanol–water partition coefficient (Wildman–Crippen LogP) is 17.8. The number of hydrogen-bond acceptors (Lipinski definition) is 0. The van der Waals surface area contributed by atoms with Crippen LogP contribution in [0.15, 0.2) is 133 Å². The molecule has 8 aromatic rings. The average molecular weight is 923 g/mol. The second-order valence-electron chi connectivity index (χ2n) is 17.3. The van der Waals surface area contributed by atoms with E-state index < -0.39 is 20.8 Å². The summed E-state index contributed by atoms with van der Waals surface area (Å²) in [6.45, 7) is 8.80. The van der Waals surface area contributed by atoms with Crippen LogP contribution in [0.25, 0.3) is 65.3 Å². The molecule has 2 saturated carbocycles. The van der Waals surface area contributed by atoms with E-state index in [0.717, 1.165) is 21.4 Å². The Labute approximate surface area is 381 Å². The van der Waals surface area contributed by atoms with Gasteiger partial charge in [0.25, 0.3) is 0 Å². The summed E-state index contributed by atoms with van der Waals surface area (Å²) in [6, 6.07) is 50.0. The summed E-state index contributed by atoms with van der Waals surface area (Å²) in [5, 5.41) is 11.1. The molecular weight excluding hydrogens is 863 g/mol. The van der Waals surface area contributed by atoms with E-state index in [4.69, 9.17) is 17.0 Å². The number of fused-ring (bicyclic) bond motifs is 4. The van der Waals surface area contributed by atoms with Crippen LogP contribution >= 0.6 is 17.0 Å². The van der Waals surface area contributed by atoms with E-state index in [1.54, 1.807) is 0 Å². The molecule has 0 aromatic heterocycles. The summed E-state index contributed by atoms with van der Waals surface area (Å²) in [6.07, 6.45) is 16.7. The first kappa shape index (κ1) is 44.8. The van der Waals surface area contributed by atoms with Crippen molar-refractivity contribution in [3.63, 3.8) is 0 Å². The van der Waals surface area contributed by atoms with Crippen LogP contribution in [0.4, 0.5) is 0 Å². The van der Waals surface area contributed by atoms with Crippen LogP contribution in [0, 0.1) is 25.7 Å². The predicted molar refractivity (Wildman–Crippen MR) is 264 cm³/mol. The molecule has 0 unspecified atom stereocenters. The van der Waals surface area contributed by atoms with Gasteiger partial charge in [-0.05, 0) is 57.3 Å². The zero-order valence-electron chi connectivity index (χ0n) is 36.1. The summed E-state index contributed by atoms with van der Waals surface area (Å²) in [4.78, 5) is 0. The molecule has 0 bridgehead atoms. The van der Waals surface area contributed by atoms with Gasteiger partial charge in [0.05, 0.1) is 0 Å². The fraction of sp³-hybridized carbons (Fsp3) is 0.321. The Morgan fingerprint density at radius 3 is 1.23 bits per heavy atom. The first-order valence-electron chi connectivity index (χ1n) is 22.3. The molecule has 2 aliphatic rings. The van der Waals surface area contributed by atoms with Gasteiger partial charge in [-0.3, -0.25) is 0 Å². The fourth-order valence-electron chi connectivity index (χ4n) is 10.1. The Morgan fingerprint density at radius 1 is 0.483 bits per heavy atom. The van der Waals surface area contributed by atoms with Gasteiger partial charge in [0, 0.05) is 9.52 Å². The van der Waals surface area contributed by atoms with Crippen LogP contribution in [0.2, 0.25) is 13.1 Å². The normalized spacial score (nSPS) is 14.5. The molecule has 0 nitrogen and oxygen atoms in total. The number of benzene rings is 6. The monoisotopic (exact) mass is 920 g/mol. The van der Waals surface area contributed by atoms with Crippen molar-refractivity contribution in [1.29, 1.82) is 0 Å². The molecule has 2 fully saturated rings. The Morgan fingerprint density at radius 2 is 0.833 bits per heavy atom. The van der Waals surface area contributed by atoms with Gasteiger partial charge in [-0.2, -0.15) is 12.1 Å². The Hall–Kier alpha value is -3.26. The van der Waals surface area contributed by atoms with Crippen molar-refractivity contribution >= 4 is 69.6 Å². The zero-order chi connectivity index (χ0) is 41.8. The molecule has 0 heterocycles. The van der Waals surface area contributed by atoms with E-state index in [9.17, 15) is 0 Å². The van der Waals surface area contributed by atoms with Crippen molar-refractivity contribution in [3.8, 4) is 22.3 Å². The van der Waals surface area contributed by atoms with Gasteiger partial charge in [0.15, 0.2) is 0 Å². The third kappa shape index (κ3) is 10.8. The van der Waals surface area contributed by atoms with Gasteiger partial charge in [0.2, 0.25) is 0 Å². The number of halogens is 2. The third-order valence-electron chi connectivity index (χ3n) is 13.0. The first-order chi connectivity index (χ1) is 29.4. The molecule has 0 amide bonds. The van der Waals surface area contributed by atoms with Gasteiger partial charge in [0.1, 0.15) is 0 Å². The van der Waals surface area contributed by atoms with Crippen molar-refractivity contribution in [2.75, 3.05) is 0 Å². The van der Waals surface area contributed by atoms with Crippen molar-refractivity contribution in [1.82, 2.24) is 0 Å². The van der Waals surface area contributed by atoms with Crippen LogP contribution in [-0.2, 0) is 33.7 Å². The van der Waals surface area contributed by atoms with Gasteiger partial charge in [-0.1, -0.05) is 199 Å². The number of aryl methyl sites for hydroxylation is 2. The summed E-state index contributed by atoms with van der Waals surface area (Å²) < 4.78 is 0. The fourth-order valence-corrected chi connectivity index (χ4v) is 10.1. The second-order valence-corrected chi connectivity index (χ2v) is 22.0.